The molecule has 3 aromatic carbocycles. The molecular weight excluding hydrogens is 315 g/mol. The summed E-state index contributed by atoms with van der Waals surface area (Å²) < 4.78 is 45.3. The molecule has 0 spiro atoms. The number of rotatable bonds is 3. The molecule has 4 rings (SSSR count). The summed E-state index contributed by atoms with van der Waals surface area (Å²) in [5, 5.41) is 4.63. The molecular formula is C19H12F3NO. The second kappa shape index (κ2) is 5.60. The minimum atomic E-state index is -0.874. The zero-order chi connectivity index (χ0) is 16.7. The van der Waals surface area contributed by atoms with Gasteiger partial charge in [-0.25, -0.2) is 13.2 Å². The molecule has 0 bridgehead atoms. The van der Waals surface area contributed by atoms with Crippen molar-refractivity contribution in [1.29, 1.82) is 0 Å². The van der Waals surface area contributed by atoms with E-state index in [1.54, 1.807) is 12.1 Å². The lowest BCUT2D eigenvalue weighted by molar-refractivity contribution is 0.507. The van der Waals surface area contributed by atoms with E-state index in [0.29, 0.717) is 28.7 Å². The summed E-state index contributed by atoms with van der Waals surface area (Å²) >= 11 is 0. The van der Waals surface area contributed by atoms with Gasteiger partial charge in [-0.1, -0.05) is 6.07 Å². The van der Waals surface area contributed by atoms with E-state index in [1.165, 1.54) is 18.2 Å². The average molecular weight is 327 g/mol. The van der Waals surface area contributed by atoms with Crippen molar-refractivity contribution in [1.82, 2.24) is 0 Å². The minimum absolute atomic E-state index is 0.328. The number of hydrogen-bond acceptors (Lipinski definition) is 2. The SMILES string of the molecule is Fc1ccc2oc3ccc(NCc4ccc(F)c(F)c4)cc3c2c1. The van der Waals surface area contributed by atoms with E-state index in [4.69, 9.17) is 4.42 Å². The maximum absolute atomic E-state index is 13.5. The maximum Gasteiger partial charge on any atom is 0.159 e. The monoisotopic (exact) mass is 327 g/mol. The zero-order valence-electron chi connectivity index (χ0n) is 12.4. The van der Waals surface area contributed by atoms with Gasteiger partial charge in [-0.15, -0.1) is 0 Å². The zero-order valence-corrected chi connectivity index (χ0v) is 12.4. The van der Waals surface area contributed by atoms with Crippen molar-refractivity contribution in [2.45, 2.75) is 6.54 Å². The van der Waals surface area contributed by atoms with E-state index in [0.717, 1.165) is 23.2 Å². The molecule has 0 amide bonds. The fourth-order valence-electron chi connectivity index (χ4n) is 2.71. The van der Waals surface area contributed by atoms with Crippen LogP contribution in [0, 0.1) is 17.5 Å². The van der Waals surface area contributed by atoms with Crippen molar-refractivity contribution >= 4 is 27.6 Å². The topological polar surface area (TPSA) is 25.2 Å². The van der Waals surface area contributed by atoms with Crippen molar-refractivity contribution in [3.63, 3.8) is 0 Å². The van der Waals surface area contributed by atoms with Gasteiger partial charge in [-0.2, -0.15) is 0 Å². The van der Waals surface area contributed by atoms with E-state index in [2.05, 4.69) is 5.32 Å². The van der Waals surface area contributed by atoms with Crippen LogP contribution < -0.4 is 5.32 Å². The van der Waals surface area contributed by atoms with Gasteiger partial charge in [-0.3, -0.25) is 0 Å². The van der Waals surface area contributed by atoms with Crippen LogP contribution in [-0.2, 0) is 6.54 Å². The molecule has 0 aliphatic carbocycles. The Hall–Kier alpha value is -2.95. The molecule has 1 aromatic heterocycles. The Kier molecular flexibility index (Phi) is 3.41. The largest absolute Gasteiger partial charge is 0.456 e. The lowest BCUT2D eigenvalue weighted by Crippen LogP contribution is -2.00. The first kappa shape index (κ1) is 14.6. The third-order valence-electron chi connectivity index (χ3n) is 3.91. The minimum Gasteiger partial charge on any atom is -0.456 e. The molecule has 0 unspecified atom stereocenters. The summed E-state index contributed by atoms with van der Waals surface area (Å²) in [6.07, 6.45) is 0. The van der Waals surface area contributed by atoms with Crippen LogP contribution in [0.2, 0.25) is 0 Å². The Morgan fingerprint density at radius 3 is 2.29 bits per heavy atom. The number of benzene rings is 3. The molecule has 0 radical (unpaired) electrons. The predicted octanol–water partition coefficient (Wildman–Crippen LogP) is 5.62. The highest BCUT2D eigenvalue weighted by molar-refractivity contribution is 6.05. The first-order valence-electron chi connectivity index (χ1n) is 7.40. The van der Waals surface area contributed by atoms with Gasteiger partial charge in [0.05, 0.1) is 0 Å². The van der Waals surface area contributed by atoms with Gasteiger partial charge >= 0.3 is 0 Å². The fraction of sp³-hybridized carbons (Fsp3) is 0.0526. The van der Waals surface area contributed by atoms with Crippen LogP contribution in [0.25, 0.3) is 21.9 Å². The first-order valence-corrected chi connectivity index (χ1v) is 7.40. The number of furan rings is 1. The van der Waals surface area contributed by atoms with Crippen LogP contribution in [0.1, 0.15) is 5.56 Å². The Morgan fingerprint density at radius 2 is 1.50 bits per heavy atom. The molecule has 0 fully saturated rings. The molecule has 1 heterocycles. The van der Waals surface area contributed by atoms with Crippen molar-refractivity contribution in [3.8, 4) is 0 Å². The number of anilines is 1. The van der Waals surface area contributed by atoms with Crippen molar-refractivity contribution < 1.29 is 17.6 Å². The normalized spacial score (nSPS) is 11.3. The van der Waals surface area contributed by atoms with Crippen LogP contribution in [0.3, 0.4) is 0 Å². The van der Waals surface area contributed by atoms with Crippen LogP contribution in [0.15, 0.2) is 59.0 Å². The van der Waals surface area contributed by atoms with Crippen molar-refractivity contribution in [2.24, 2.45) is 0 Å². The Balaban J connectivity index is 1.65. The molecule has 2 nitrogen and oxygen atoms in total. The Morgan fingerprint density at radius 1 is 0.750 bits per heavy atom. The second-order valence-electron chi connectivity index (χ2n) is 5.56. The number of fused-ring (bicyclic) bond motifs is 3. The predicted molar refractivity (Wildman–Crippen MR) is 87.4 cm³/mol. The summed E-state index contributed by atoms with van der Waals surface area (Å²) in [6, 6.07) is 13.6. The molecule has 0 atom stereocenters. The molecule has 4 aromatic rings. The summed E-state index contributed by atoms with van der Waals surface area (Å²) in [5.41, 5.74) is 2.68. The van der Waals surface area contributed by atoms with Crippen LogP contribution >= 0.6 is 0 Å². The number of nitrogens with one attached hydrogen (secondary N) is 1. The van der Waals surface area contributed by atoms with Crippen LogP contribution in [0.5, 0.6) is 0 Å². The lowest BCUT2D eigenvalue weighted by Gasteiger charge is -2.07. The van der Waals surface area contributed by atoms with Crippen molar-refractivity contribution in [3.05, 3.63) is 77.6 Å². The van der Waals surface area contributed by atoms with Gasteiger partial charge in [0.2, 0.25) is 0 Å². The van der Waals surface area contributed by atoms with Crippen molar-refractivity contribution in [2.75, 3.05) is 5.32 Å². The summed E-state index contributed by atoms with van der Waals surface area (Å²) in [4.78, 5) is 0. The molecule has 0 saturated carbocycles. The van der Waals surface area contributed by atoms with Crippen LogP contribution in [-0.4, -0.2) is 0 Å². The third kappa shape index (κ3) is 2.58. The van der Waals surface area contributed by atoms with E-state index < -0.39 is 11.6 Å². The van der Waals surface area contributed by atoms with Gasteiger partial charge in [0.25, 0.3) is 0 Å². The third-order valence-corrected chi connectivity index (χ3v) is 3.91. The summed E-state index contributed by atoms with van der Waals surface area (Å²) in [7, 11) is 0. The summed E-state index contributed by atoms with van der Waals surface area (Å²) in [6.45, 7) is 0.340. The fourth-order valence-corrected chi connectivity index (χ4v) is 2.71. The quantitative estimate of drug-likeness (QED) is 0.529. The molecule has 0 aliphatic heterocycles. The number of hydrogen-bond donors (Lipinski definition) is 1. The molecule has 1 N–H and O–H groups in total. The lowest BCUT2D eigenvalue weighted by atomic mass is 10.1. The average Bonchev–Trinajstić information content (AvgIpc) is 2.93. The smallest absolute Gasteiger partial charge is 0.159 e. The first-order chi connectivity index (χ1) is 11.6. The van der Waals surface area contributed by atoms with Gasteiger partial charge in [0, 0.05) is 23.0 Å². The van der Waals surface area contributed by atoms with Gasteiger partial charge in [0.15, 0.2) is 11.6 Å². The van der Waals surface area contributed by atoms with E-state index >= 15 is 0 Å². The molecule has 120 valence electrons. The van der Waals surface area contributed by atoms with E-state index in [-0.39, 0.29) is 5.82 Å². The highest BCUT2D eigenvalue weighted by Crippen LogP contribution is 2.31. The highest BCUT2D eigenvalue weighted by Gasteiger charge is 2.09. The maximum atomic E-state index is 13.5. The van der Waals surface area contributed by atoms with Crippen LogP contribution in [0.4, 0.5) is 18.9 Å². The highest BCUT2D eigenvalue weighted by atomic mass is 19.2. The van der Waals surface area contributed by atoms with E-state index in [1.807, 2.05) is 12.1 Å². The van der Waals surface area contributed by atoms with E-state index in [9.17, 15) is 13.2 Å². The molecule has 24 heavy (non-hydrogen) atoms. The Bertz CT molecular complexity index is 1060. The van der Waals surface area contributed by atoms with Gasteiger partial charge < -0.3 is 9.73 Å². The van der Waals surface area contributed by atoms with Gasteiger partial charge in [-0.05, 0) is 54.1 Å². The second-order valence-corrected chi connectivity index (χ2v) is 5.56. The number of halogens is 3. The standard InChI is InChI=1S/C19H12F3NO/c20-12-2-5-18-14(8-12)15-9-13(3-6-19(15)24-18)23-10-11-1-4-16(21)17(22)7-11/h1-9,23H,10H2. The Labute approximate surface area is 135 Å². The van der Waals surface area contributed by atoms with Gasteiger partial charge in [0.1, 0.15) is 17.0 Å². The molecule has 0 saturated heterocycles. The molecule has 0 aliphatic rings. The summed E-state index contributed by atoms with van der Waals surface area (Å²) in [5.74, 6) is -2.07. The molecule has 5 heteroatoms.